The molecular weight excluding hydrogens is 224 g/mol. The summed E-state index contributed by atoms with van der Waals surface area (Å²) in [6.45, 7) is 3.97. The molecule has 0 fully saturated rings. The van der Waals surface area contributed by atoms with Gasteiger partial charge in [0, 0.05) is 18.2 Å². The molecule has 88 valence electrons. The SMILES string of the molecule is CCCC1CN=C(NCCc2ncon2)S1. The molecule has 0 bridgehead atoms. The molecule has 0 saturated heterocycles. The minimum atomic E-state index is 0.665. The molecule has 1 N–H and O–H groups in total. The fourth-order valence-electron chi connectivity index (χ4n) is 1.57. The summed E-state index contributed by atoms with van der Waals surface area (Å²) < 4.78 is 4.66. The van der Waals surface area contributed by atoms with Crippen molar-refractivity contribution in [3.63, 3.8) is 0 Å². The molecule has 0 saturated carbocycles. The monoisotopic (exact) mass is 240 g/mol. The van der Waals surface area contributed by atoms with E-state index in [1.54, 1.807) is 0 Å². The smallest absolute Gasteiger partial charge is 0.213 e. The molecule has 16 heavy (non-hydrogen) atoms. The Morgan fingerprint density at radius 1 is 1.62 bits per heavy atom. The van der Waals surface area contributed by atoms with Gasteiger partial charge in [-0.1, -0.05) is 30.3 Å². The predicted octanol–water partition coefficient (Wildman–Crippen LogP) is 1.47. The molecule has 1 atom stereocenters. The molecule has 0 aromatic carbocycles. The van der Waals surface area contributed by atoms with Gasteiger partial charge >= 0.3 is 0 Å². The molecule has 6 heteroatoms. The number of aliphatic imine (C=N–C) groups is 1. The summed E-state index contributed by atoms with van der Waals surface area (Å²) in [4.78, 5) is 8.42. The second-order valence-corrected chi connectivity index (χ2v) is 4.99. The van der Waals surface area contributed by atoms with Crippen molar-refractivity contribution in [1.29, 1.82) is 0 Å². The Bertz CT molecular complexity index is 339. The van der Waals surface area contributed by atoms with Crippen LogP contribution in [0.2, 0.25) is 0 Å². The number of nitrogens with zero attached hydrogens (tertiary/aromatic N) is 3. The van der Waals surface area contributed by atoms with Crippen molar-refractivity contribution in [3.05, 3.63) is 12.2 Å². The van der Waals surface area contributed by atoms with Crippen molar-refractivity contribution < 1.29 is 4.52 Å². The lowest BCUT2D eigenvalue weighted by Gasteiger charge is -2.06. The number of rotatable bonds is 5. The lowest BCUT2D eigenvalue weighted by molar-refractivity contribution is 0.410. The Morgan fingerprint density at radius 3 is 3.31 bits per heavy atom. The topological polar surface area (TPSA) is 63.3 Å². The van der Waals surface area contributed by atoms with E-state index in [-0.39, 0.29) is 0 Å². The Balaban J connectivity index is 1.64. The zero-order valence-corrected chi connectivity index (χ0v) is 10.2. The summed E-state index contributed by atoms with van der Waals surface area (Å²) in [5.41, 5.74) is 0. The van der Waals surface area contributed by atoms with Gasteiger partial charge in [0.15, 0.2) is 11.0 Å². The molecule has 0 radical (unpaired) electrons. The molecular formula is C10H16N4OS. The van der Waals surface area contributed by atoms with Crippen LogP contribution in [0.5, 0.6) is 0 Å². The highest BCUT2D eigenvalue weighted by molar-refractivity contribution is 8.14. The first-order valence-electron chi connectivity index (χ1n) is 5.58. The average Bonchev–Trinajstić information content (AvgIpc) is 2.90. The minimum absolute atomic E-state index is 0.665. The molecule has 2 heterocycles. The van der Waals surface area contributed by atoms with E-state index < -0.39 is 0 Å². The van der Waals surface area contributed by atoms with Gasteiger partial charge in [-0.25, -0.2) is 0 Å². The van der Waals surface area contributed by atoms with Gasteiger partial charge in [-0.15, -0.1) is 0 Å². The van der Waals surface area contributed by atoms with Gasteiger partial charge in [-0.2, -0.15) is 4.98 Å². The standard InChI is InChI=1S/C10H16N4OS/c1-2-3-8-6-12-10(16-8)11-5-4-9-13-7-15-14-9/h7-8H,2-6H2,1H3,(H,11,12). The zero-order valence-electron chi connectivity index (χ0n) is 9.35. The second-order valence-electron chi connectivity index (χ2n) is 3.70. The molecule has 1 aliphatic heterocycles. The molecule has 1 aliphatic rings. The number of hydrogen-bond acceptors (Lipinski definition) is 6. The second kappa shape index (κ2) is 5.89. The van der Waals surface area contributed by atoms with Crippen LogP contribution in [0.15, 0.2) is 15.9 Å². The predicted molar refractivity (Wildman–Crippen MR) is 64.6 cm³/mol. The van der Waals surface area contributed by atoms with E-state index in [4.69, 9.17) is 0 Å². The van der Waals surface area contributed by atoms with Crippen molar-refractivity contribution in [2.45, 2.75) is 31.4 Å². The largest absolute Gasteiger partial charge is 0.364 e. The Hall–Kier alpha value is -1.04. The van der Waals surface area contributed by atoms with E-state index in [0.717, 1.165) is 30.5 Å². The van der Waals surface area contributed by atoms with Gasteiger partial charge < -0.3 is 9.84 Å². The summed E-state index contributed by atoms with van der Waals surface area (Å²) in [6.07, 6.45) is 4.59. The van der Waals surface area contributed by atoms with Gasteiger partial charge in [0.05, 0.1) is 6.54 Å². The third-order valence-corrected chi connectivity index (χ3v) is 3.57. The third kappa shape index (κ3) is 3.23. The Kier molecular flexibility index (Phi) is 4.21. The fourth-order valence-corrected chi connectivity index (χ4v) is 2.72. The number of thioether (sulfide) groups is 1. The number of amidine groups is 1. The number of hydrogen-bond donors (Lipinski definition) is 1. The first-order chi connectivity index (χ1) is 7.88. The van der Waals surface area contributed by atoms with Gasteiger partial charge in [0.25, 0.3) is 0 Å². The van der Waals surface area contributed by atoms with Crippen LogP contribution < -0.4 is 5.32 Å². The van der Waals surface area contributed by atoms with Crippen molar-refractivity contribution in [2.75, 3.05) is 13.1 Å². The van der Waals surface area contributed by atoms with Crippen LogP contribution in [0.3, 0.4) is 0 Å². The van der Waals surface area contributed by atoms with Crippen LogP contribution in [0.4, 0.5) is 0 Å². The Labute approximate surface area is 99.1 Å². The average molecular weight is 240 g/mol. The maximum absolute atomic E-state index is 4.66. The van der Waals surface area contributed by atoms with Crippen molar-refractivity contribution in [1.82, 2.24) is 15.5 Å². The van der Waals surface area contributed by atoms with E-state index in [0.29, 0.717) is 5.25 Å². The first kappa shape index (κ1) is 11.4. The maximum Gasteiger partial charge on any atom is 0.213 e. The summed E-state index contributed by atoms with van der Waals surface area (Å²) >= 11 is 1.85. The highest BCUT2D eigenvalue weighted by Gasteiger charge is 2.18. The van der Waals surface area contributed by atoms with Gasteiger partial charge in [-0.3, -0.25) is 4.99 Å². The highest BCUT2D eigenvalue weighted by atomic mass is 32.2. The maximum atomic E-state index is 4.66. The van der Waals surface area contributed by atoms with Crippen LogP contribution in [-0.2, 0) is 6.42 Å². The summed E-state index contributed by atoms with van der Waals surface area (Å²) in [5.74, 6) is 0.737. The molecule has 0 aliphatic carbocycles. The molecule has 1 unspecified atom stereocenters. The highest BCUT2D eigenvalue weighted by Crippen LogP contribution is 2.23. The van der Waals surface area contributed by atoms with Crippen LogP contribution in [-0.4, -0.2) is 33.6 Å². The Morgan fingerprint density at radius 2 is 2.56 bits per heavy atom. The molecule has 1 aromatic rings. The zero-order chi connectivity index (χ0) is 11.2. The van der Waals surface area contributed by atoms with E-state index >= 15 is 0 Å². The fraction of sp³-hybridized carbons (Fsp3) is 0.700. The van der Waals surface area contributed by atoms with E-state index in [9.17, 15) is 0 Å². The normalized spacial score (nSPS) is 19.8. The van der Waals surface area contributed by atoms with Crippen LogP contribution >= 0.6 is 11.8 Å². The van der Waals surface area contributed by atoms with Gasteiger partial charge in [0.1, 0.15) is 0 Å². The number of aromatic nitrogens is 2. The number of nitrogens with one attached hydrogen (secondary N) is 1. The lowest BCUT2D eigenvalue weighted by Crippen LogP contribution is -2.22. The summed E-state index contributed by atoms with van der Waals surface area (Å²) in [5, 5.41) is 8.77. The quantitative estimate of drug-likeness (QED) is 0.844. The van der Waals surface area contributed by atoms with E-state index in [1.807, 2.05) is 11.8 Å². The molecule has 5 nitrogen and oxygen atoms in total. The van der Waals surface area contributed by atoms with E-state index in [2.05, 4.69) is 31.9 Å². The van der Waals surface area contributed by atoms with Crippen molar-refractivity contribution in [2.24, 2.45) is 4.99 Å². The molecule has 0 spiro atoms. The van der Waals surface area contributed by atoms with Crippen LogP contribution in [0.1, 0.15) is 25.6 Å². The third-order valence-electron chi connectivity index (χ3n) is 2.36. The first-order valence-corrected chi connectivity index (χ1v) is 6.46. The van der Waals surface area contributed by atoms with Crippen molar-refractivity contribution in [3.8, 4) is 0 Å². The summed E-state index contributed by atoms with van der Waals surface area (Å²) in [6, 6.07) is 0. The van der Waals surface area contributed by atoms with E-state index in [1.165, 1.54) is 19.2 Å². The molecule has 2 rings (SSSR count). The van der Waals surface area contributed by atoms with Crippen molar-refractivity contribution >= 4 is 16.9 Å². The van der Waals surface area contributed by atoms with Crippen LogP contribution in [0, 0.1) is 0 Å². The molecule has 1 aromatic heterocycles. The summed E-state index contributed by atoms with van der Waals surface area (Å²) in [7, 11) is 0. The lowest BCUT2D eigenvalue weighted by atomic mass is 10.2. The van der Waals surface area contributed by atoms with Gasteiger partial charge in [0.2, 0.25) is 6.39 Å². The van der Waals surface area contributed by atoms with Crippen LogP contribution in [0.25, 0.3) is 0 Å². The minimum Gasteiger partial charge on any atom is -0.364 e. The molecule has 0 amide bonds. The van der Waals surface area contributed by atoms with Gasteiger partial charge in [-0.05, 0) is 6.42 Å².